The molecule has 0 radical (unpaired) electrons. The average Bonchev–Trinajstić information content (AvgIpc) is 3.16. The Morgan fingerprint density at radius 2 is 1.85 bits per heavy atom. The van der Waals surface area contributed by atoms with E-state index in [0.717, 1.165) is 42.2 Å². The molecule has 0 aliphatic carbocycles. The SMILES string of the molecule is C=Cc1nc2c(N3CCCCC3)c(CCc3ccc(OC)cc3)ccc2s1. The number of hydrogen-bond donors (Lipinski definition) is 0. The molecule has 0 bridgehead atoms. The summed E-state index contributed by atoms with van der Waals surface area (Å²) < 4.78 is 6.53. The van der Waals surface area contributed by atoms with Crippen LogP contribution in [0, 0.1) is 0 Å². The number of ether oxygens (including phenoxy) is 1. The van der Waals surface area contributed by atoms with Crippen molar-refractivity contribution in [3.63, 3.8) is 0 Å². The van der Waals surface area contributed by atoms with Crippen molar-refractivity contribution in [2.24, 2.45) is 0 Å². The lowest BCUT2D eigenvalue weighted by molar-refractivity contribution is 0.414. The van der Waals surface area contributed by atoms with E-state index in [2.05, 4.69) is 35.7 Å². The minimum Gasteiger partial charge on any atom is -0.497 e. The second-order valence-electron chi connectivity index (χ2n) is 7.07. The highest BCUT2D eigenvalue weighted by Crippen LogP contribution is 2.36. The van der Waals surface area contributed by atoms with E-state index in [4.69, 9.17) is 9.72 Å². The fourth-order valence-electron chi connectivity index (χ4n) is 3.87. The number of aromatic nitrogens is 1. The van der Waals surface area contributed by atoms with Gasteiger partial charge in [0.05, 0.1) is 17.5 Å². The first-order chi connectivity index (χ1) is 13.3. The van der Waals surface area contributed by atoms with Gasteiger partial charge in [0.25, 0.3) is 0 Å². The Bertz CT molecular complexity index is 923. The van der Waals surface area contributed by atoms with E-state index in [0.29, 0.717) is 0 Å². The number of piperidine rings is 1. The lowest BCUT2D eigenvalue weighted by Gasteiger charge is -2.31. The molecule has 1 saturated heterocycles. The molecule has 0 amide bonds. The van der Waals surface area contributed by atoms with Crippen molar-refractivity contribution in [3.8, 4) is 5.75 Å². The summed E-state index contributed by atoms with van der Waals surface area (Å²) in [6, 6.07) is 13.0. The van der Waals surface area contributed by atoms with Crippen LogP contribution < -0.4 is 9.64 Å². The molecule has 0 saturated carbocycles. The first-order valence-corrected chi connectivity index (χ1v) is 10.5. The number of nitrogens with zero attached hydrogens (tertiary/aromatic N) is 2. The van der Waals surface area contributed by atoms with Crippen LogP contribution in [0.25, 0.3) is 16.3 Å². The zero-order valence-corrected chi connectivity index (χ0v) is 16.7. The van der Waals surface area contributed by atoms with Crippen LogP contribution in [0.4, 0.5) is 5.69 Å². The number of thiazole rings is 1. The van der Waals surface area contributed by atoms with Gasteiger partial charge in [-0.15, -0.1) is 11.3 Å². The van der Waals surface area contributed by atoms with Gasteiger partial charge in [0.2, 0.25) is 0 Å². The molecule has 140 valence electrons. The van der Waals surface area contributed by atoms with Crippen LogP contribution in [0.2, 0.25) is 0 Å². The maximum Gasteiger partial charge on any atom is 0.118 e. The summed E-state index contributed by atoms with van der Waals surface area (Å²) >= 11 is 1.73. The molecule has 0 unspecified atom stereocenters. The number of benzene rings is 2. The van der Waals surface area contributed by atoms with Crippen LogP contribution in [-0.4, -0.2) is 25.2 Å². The molecule has 0 N–H and O–H groups in total. The largest absolute Gasteiger partial charge is 0.497 e. The van der Waals surface area contributed by atoms with Crippen molar-refractivity contribution in [1.82, 2.24) is 4.98 Å². The molecular weight excluding hydrogens is 352 g/mol. The first kappa shape index (κ1) is 18.1. The summed E-state index contributed by atoms with van der Waals surface area (Å²) in [5.41, 5.74) is 5.25. The van der Waals surface area contributed by atoms with Crippen molar-refractivity contribution in [3.05, 3.63) is 59.1 Å². The lowest BCUT2D eigenvalue weighted by atomic mass is 10.00. The number of anilines is 1. The fourth-order valence-corrected chi connectivity index (χ4v) is 4.69. The molecular formula is C23H26N2OS. The second kappa shape index (κ2) is 8.13. The minimum atomic E-state index is 0.911. The Balaban J connectivity index is 1.66. The molecule has 0 atom stereocenters. The molecule has 0 spiro atoms. The van der Waals surface area contributed by atoms with E-state index in [1.54, 1.807) is 18.4 Å². The van der Waals surface area contributed by atoms with Gasteiger partial charge in [-0.05, 0) is 67.5 Å². The zero-order valence-electron chi connectivity index (χ0n) is 15.9. The molecule has 3 nitrogen and oxygen atoms in total. The second-order valence-corrected chi connectivity index (χ2v) is 8.13. The molecule has 1 aromatic heterocycles. The van der Waals surface area contributed by atoms with Crippen molar-refractivity contribution in [2.45, 2.75) is 32.1 Å². The fraction of sp³-hybridized carbons (Fsp3) is 0.348. The van der Waals surface area contributed by atoms with E-state index < -0.39 is 0 Å². The van der Waals surface area contributed by atoms with Crippen LogP contribution in [0.15, 0.2) is 43.0 Å². The minimum absolute atomic E-state index is 0.911. The molecule has 1 fully saturated rings. The van der Waals surface area contributed by atoms with Gasteiger partial charge in [0.1, 0.15) is 16.3 Å². The Morgan fingerprint density at radius 3 is 2.56 bits per heavy atom. The number of rotatable bonds is 6. The zero-order chi connectivity index (χ0) is 18.6. The normalized spacial score (nSPS) is 14.5. The Hall–Kier alpha value is -2.33. The van der Waals surface area contributed by atoms with Crippen LogP contribution in [0.3, 0.4) is 0 Å². The molecule has 2 heterocycles. The van der Waals surface area contributed by atoms with E-state index in [1.807, 2.05) is 18.2 Å². The van der Waals surface area contributed by atoms with Gasteiger partial charge in [-0.1, -0.05) is 24.8 Å². The highest BCUT2D eigenvalue weighted by atomic mass is 32.1. The van der Waals surface area contributed by atoms with Crippen LogP contribution in [-0.2, 0) is 12.8 Å². The molecule has 3 aromatic rings. The van der Waals surface area contributed by atoms with E-state index in [9.17, 15) is 0 Å². The van der Waals surface area contributed by atoms with Gasteiger partial charge in [-0.25, -0.2) is 4.98 Å². The van der Waals surface area contributed by atoms with Crippen molar-refractivity contribution in [2.75, 3.05) is 25.1 Å². The Morgan fingerprint density at radius 1 is 1.07 bits per heavy atom. The topological polar surface area (TPSA) is 25.4 Å². The predicted molar refractivity (Wildman–Crippen MR) is 116 cm³/mol. The van der Waals surface area contributed by atoms with Crippen molar-refractivity contribution < 1.29 is 4.74 Å². The monoisotopic (exact) mass is 378 g/mol. The maximum atomic E-state index is 5.27. The maximum absolute atomic E-state index is 5.27. The first-order valence-electron chi connectivity index (χ1n) is 9.71. The Labute approximate surface area is 165 Å². The van der Waals surface area contributed by atoms with E-state index in [-0.39, 0.29) is 0 Å². The molecule has 4 rings (SSSR count). The third kappa shape index (κ3) is 3.86. The number of hydrogen-bond acceptors (Lipinski definition) is 4. The summed E-state index contributed by atoms with van der Waals surface area (Å²) in [4.78, 5) is 7.44. The molecule has 1 aliphatic rings. The summed E-state index contributed by atoms with van der Waals surface area (Å²) in [6.07, 6.45) is 7.79. The molecule has 1 aliphatic heterocycles. The standard InChI is InChI=1S/C23H26N2OS/c1-3-21-24-22-20(27-21)14-11-18(23(22)25-15-5-4-6-16-25)10-7-17-8-12-19(26-2)13-9-17/h3,8-9,11-14H,1,4-7,10,15-16H2,2H3. The Kier molecular flexibility index (Phi) is 5.44. The van der Waals surface area contributed by atoms with Crippen LogP contribution in [0.5, 0.6) is 5.75 Å². The summed E-state index contributed by atoms with van der Waals surface area (Å²) in [5, 5.41) is 1.01. The lowest BCUT2D eigenvalue weighted by Crippen LogP contribution is -2.30. The molecule has 4 heteroatoms. The van der Waals surface area contributed by atoms with Gasteiger partial charge < -0.3 is 9.64 Å². The smallest absolute Gasteiger partial charge is 0.118 e. The van der Waals surface area contributed by atoms with Gasteiger partial charge >= 0.3 is 0 Å². The number of aryl methyl sites for hydroxylation is 2. The highest BCUT2D eigenvalue weighted by Gasteiger charge is 2.19. The van der Waals surface area contributed by atoms with Gasteiger partial charge in [0, 0.05) is 13.1 Å². The van der Waals surface area contributed by atoms with E-state index >= 15 is 0 Å². The molecule has 27 heavy (non-hydrogen) atoms. The number of fused-ring (bicyclic) bond motifs is 1. The molecule has 2 aromatic carbocycles. The average molecular weight is 379 g/mol. The number of methoxy groups -OCH3 is 1. The van der Waals surface area contributed by atoms with E-state index in [1.165, 1.54) is 40.8 Å². The van der Waals surface area contributed by atoms with Crippen LogP contribution >= 0.6 is 11.3 Å². The quantitative estimate of drug-likeness (QED) is 0.548. The third-order valence-corrected chi connectivity index (χ3v) is 6.34. The van der Waals surface area contributed by atoms with Gasteiger partial charge in [-0.3, -0.25) is 0 Å². The summed E-state index contributed by atoms with van der Waals surface area (Å²) in [7, 11) is 1.71. The van der Waals surface area contributed by atoms with Crippen molar-refractivity contribution in [1.29, 1.82) is 0 Å². The predicted octanol–water partition coefficient (Wildman–Crippen LogP) is 5.72. The summed E-state index contributed by atoms with van der Waals surface area (Å²) in [5.74, 6) is 0.911. The van der Waals surface area contributed by atoms with Gasteiger partial charge in [-0.2, -0.15) is 0 Å². The van der Waals surface area contributed by atoms with Crippen molar-refractivity contribution >= 4 is 33.3 Å². The third-order valence-electron chi connectivity index (χ3n) is 5.32. The highest BCUT2D eigenvalue weighted by molar-refractivity contribution is 7.19. The van der Waals surface area contributed by atoms with Crippen LogP contribution in [0.1, 0.15) is 35.4 Å². The summed E-state index contributed by atoms with van der Waals surface area (Å²) in [6.45, 7) is 6.17. The van der Waals surface area contributed by atoms with Gasteiger partial charge in [0.15, 0.2) is 0 Å².